The molecule has 0 aliphatic heterocycles. The molecule has 2 N–H and O–H groups in total. The van der Waals surface area contributed by atoms with Crippen molar-refractivity contribution in [3.63, 3.8) is 0 Å². The van der Waals surface area contributed by atoms with Crippen LogP contribution < -0.4 is 0 Å². The molecule has 2 rings (SSSR count). The second kappa shape index (κ2) is 4.75. The summed E-state index contributed by atoms with van der Waals surface area (Å²) in [5.74, 6) is -1.13. The van der Waals surface area contributed by atoms with Gasteiger partial charge in [-0.3, -0.25) is 0 Å². The summed E-state index contributed by atoms with van der Waals surface area (Å²) < 4.78 is 1.31. The number of aliphatic hydroxyl groups excluding tert-OH is 1. The van der Waals surface area contributed by atoms with Gasteiger partial charge in [-0.15, -0.1) is 5.10 Å². The van der Waals surface area contributed by atoms with Crippen LogP contribution in [0, 0.1) is 0 Å². The van der Waals surface area contributed by atoms with Gasteiger partial charge in [-0.25, -0.2) is 9.48 Å². The summed E-state index contributed by atoms with van der Waals surface area (Å²) in [5.41, 5.74) is 0.616. The van der Waals surface area contributed by atoms with E-state index in [0.717, 1.165) is 5.56 Å². The van der Waals surface area contributed by atoms with Crippen LogP contribution in [0.3, 0.4) is 0 Å². The Kier molecular flexibility index (Phi) is 3.15. The average Bonchev–Trinajstić information content (AvgIpc) is 2.79. The highest BCUT2D eigenvalue weighted by atomic mass is 16.4. The lowest BCUT2D eigenvalue weighted by Gasteiger charge is -2.09. The lowest BCUT2D eigenvalue weighted by molar-refractivity contribution is 0.0690. The molecule has 0 saturated carbocycles. The van der Waals surface area contributed by atoms with Crippen molar-refractivity contribution in [1.29, 1.82) is 0 Å². The Labute approximate surface area is 97.1 Å². The smallest absolute Gasteiger partial charge is 0.358 e. The van der Waals surface area contributed by atoms with E-state index in [1.54, 1.807) is 12.1 Å². The first-order valence-corrected chi connectivity index (χ1v) is 5.03. The van der Waals surface area contributed by atoms with Crippen LogP contribution in [0.2, 0.25) is 0 Å². The molecule has 1 aromatic carbocycles. The molecule has 2 aromatic rings. The molecule has 0 bridgehead atoms. The zero-order chi connectivity index (χ0) is 12.3. The van der Waals surface area contributed by atoms with Crippen molar-refractivity contribution in [3.05, 3.63) is 47.8 Å². The molecule has 6 heteroatoms. The zero-order valence-electron chi connectivity index (χ0n) is 8.89. The second-order valence-electron chi connectivity index (χ2n) is 3.56. The second-order valence-corrected chi connectivity index (χ2v) is 3.56. The van der Waals surface area contributed by atoms with Gasteiger partial charge in [0.1, 0.15) is 0 Å². The number of aromatic carboxylic acids is 1. The van der Waals surface area contributed by atoms with E-state index in [4.69, 9.17) is 5.11 Å². The fourth-order valence-electron chi connectivity index (χ4n) is 1.44. The van der Waals surface area contributed by atoms with Gasteiger partial charge in [-0.2, -0.15) is 0 Å². The molecule has 1 unspecified atom stereocenters. The van der Waals surface area contributed by atoms with Crippen molar-refractivity contribution >= 4 is 5.97 Å². The monoisotopic (exact) mass is 233 g/mol. The number of hydrogen-bond donors (Lipinski definition) is 2. The number of aromatic nitrogens is 3. The highest BCUT2D eigenvalue weighted by Crippen LogP contribution is 2.13. The molecule has 0 aliphatic rings. The minimum atomic E-state index is -1.13. The minimum absolute atomic E-state index is 0.134. The van der Waals surface area contributed by atoms with Gasteiger partial charge < -0.3 is 10.2 Å². The van der Waals surface area contributed by atoms with Gasteiger partial charge in [0.25, 0.3) is 0 Å². The normalized spacial score (nSPS) is 12.3. The van der Waals surface area contributed by atoms with Crippen LogP contribution >= 0.6 is 0 Å². The molecular formula is C11H11N3O3. The number of benzene rings is 1. The fraction of sp³-hybridized carbons (Fsp3) is 0.182. The number of carboxylic acids is 1. The summed E-state index contributed by atoms with van der Waals surface area (Å²) in [6.45, 7) is 0.171. The number of carbonyl (C=O) groups is 1. The van der Waals surface area contributed by atoms with Gasteiger partial charge in [-0.05, 0) is 5.56 Å². The Bertz CT molecular complexity index is 510. The van der Waals surface area contributed by atoms with Crippen LogP contribution in [-0.4, -0.2) is 31.2 Å². The van der Waals surface area contributed by atoms with E-state index < -0.39 is 12.1 Å². The number of nitrogens with zero attached hydrogens (tertiary/aromatic N) is 3. The predicted molar refractivity (Wildman–Crippen MR) is 58.4 cm³/mol. The number of hydrogen-bond acceptors (Lipinski definition) is 4. The Morgan fingerprint density at radius 2 is 2.06 bits per heavy atom. The third-order valence-electron chi connectivity index (χ3n) is 2.30. The van der Waals surface area contributed by atoms with Gasteiger partial charge in [-0.1, -0.05) is 35.5 Å². The maximum absolute atomic E-state index is 10.6. The Morgan fingerprint density at radius 1 is 1.35 bits per heavy atom. The first kappa shape index (κ1) is 11.3. The van der Waals surface area contributed by atoms with Crippen molar-refractivity contribution < 1.29 is 15.0 Å². The number of aliphatic hydroxyl groups is 1. The molecule has 0 amide bonds. The first-order valence-electron chi connectivity index (χ1n) is 5.03. The van der Waals surface area contributed by atoms with Gasteiger partial charge in [0.2, 0.25) is 0 Å². The minimum Gasteiger partial charge on any atom is -0.476 e. The maximum Gasteiger partial charge on any atom is 0.358 e. The molecule has 0 fully saturated rings. The molecule has 0 saturated heterocycles. The van der Waals surface area contributed by atoms with E-state index in [1.807, 2.05) is 18.2 Å². The van der Waals surface area contributed by atoms with Crippen LogP contribution in [0.5, 0.6) is 0 Å². The van der Waals surface area contributed by atoms with E-state index in [2.05, 4.69) is 10.3 Å². The zero-order valence-corrected chi connectivity index (χ0v) is 8.89. The Balaban J connectivity index is 2.08. The molecule has 88 valence electrons. The van der Waals surface area contributed by atoms with Crippen LogP contribution in [0.15, 0.2) is 36.5 Å². The topological polar surface area (TPSA) is 88.2 Å². The van der Waals surface area contributed by atoms with Crippen molar-refractivity contribution in [2.45, 2.75) is 12.6 Å². The van der Waals surface area contributed by atoms with Crippen LogP contribution in [-0.2, 0) is 6.54 Å². The third kappa shape index (κ3) is 2.67. The van der Waals surface area contributed by atoms with Crippen molar-refractivity contribution in [2.24, 2.45) is 0 Å². The van der Waals surface area contributed by atoms with Gasteiger partial charge in [0, 0.05) is 0 Å². The number of carboxylic acid groups (broad SMARTS) is 1. The molecular weight excluding hydrogens is 222 g/mol. The largest absolute Gasteiger partial charge is 0.476 e. The molecule has 0 aliphatic carbocycles. The summed E-state index contributed by atoms with van der Waals surface area (Å²) in [5, 5.41) is 25.7. The summed E-state index contributed by atoms with van der Waals surface area (Å²) in [7, 11) is 0. The fourth-order valence-corrected chi connectivity index (χ4v) is 1.44. The molecule has 1 heterocycles. The van der Waals surface area contributed by atoms with Crippen molar-refractivity contribution in [3.8, 4) is 0 Å². The molecule has 0 radical (unpaired) electrons. The Morgan fingerprint density at radius 3 is 2.65 bits per heavy atom. The van der Waals surface area contributed by atoms with E-state index in [-0.39, 0.29) is 12.2 Å². The third-order valence-corrected chi connectivity index (χ3v) is 2.30. The average molecular weight is 233 g/mol. The highest BCUT2D eigenvalue weighted by molar-refractivity contribution is 5.84. The highest BCUT2D eigenvalue weighted by Gasteiger charge is 2.12. The number of rotatable bonds is 4. The van der Waals surface area contributed by atoms with Crippen LogP contribution in [0.4, 0.5) is 0 Å². The summed E-state index contributed by atoms with van der Waals surface area (Å²) in [4.78, 5) is 10.6. The van der Waals surface area contributed by atoms with E-state index in [9.17, 15) is 9.90 Å². The quantitative estimate of drug-likeness (QED) is 0.811. The molecule has 17 heavy (non-hydrogen) atoms. The van der Waals surface area contributed by atoms with Gasteiger partial charge >= 0.3 is 5.97 Å². The predicted octanol–water partition coefficient (Wildman–Crippen LogP) is 0.710. The van der Waals surface area contributed by atoms with E-state index in [0.29, 0.717) is 0 Å². The van der Waals surface area contributed by atoms with Crippen molar-refractivity contribution in [2.75, 3.05) is 0 Å². The molecule has 0 spiro atoms. The SMILES string of the molecule is O=C(O)c1cn(CC(O)c2ccccc2)nn1. The van der Waals surface area contributed by atoms with Crippen LogP contribution in [0.25, 0.3) is 0 Å². The molecule has 6 nitrogen and oxygen atoms in total. The standard InChI is InChI=1S/C11H11N3O3/c15-10(8-4-2-1-3-5-8)7-14-6-9(11(16)17)12-13-14/h1-6,10,15H,7H2,(H,16,17). The first-order chi connectivity index (χ1) is 8.16. The Hall–Kier alpha value is -2.21. The van der Waals surface area contributed by atoms with E-state index in [1.165, 1.54) is 10.9 Å². The molecule has 1 atom stereocenters. The lowest BCUT2D eigenvalue weighted by Crippen LogP contribution is -2.09. The summed E-state index contributed by atoms with van der Waals surface area (Å²) in [6, 6.07) is 9.08. The van der Waals surface area contributed by atoms with E-state index >= 15 is 0 Å². The van der Waals surface area contributed by atoms with Crippen molar-refractivity contribution in [1.82, 2.24) is 15.0 Å². The van der Waals surface area contributed by atoms with Crippen LogP contribution in [0.1, 0.15) is 22.2 Å². The summed E-state index contributed by atoms with van der Waals surface area (Å²) in [6.07, 6.45) is 0.550. The van der Waals surface area contributed by atoms with Gasteiger partial charge in [0.15, 0.2) is 5.69 Å². The lowest BCUT2D eigenvalue weighted by atomic mass is 10.1. The maximum atomic E-state index is 10.6. The van der Waals surface area contributed by atoms with Gasteiger partial charge in [0.05, 0.1) is 18.8 Å². The summed E-state index contributed by atoms with van der Waals surface area (Å²) >= 11 is 0. The molecule has 1 aromatic heterocycles.